The van der Waals surface area contributed by atoms with Crippen LogP contribution in [0.2, 0.25) is 5.15 Å². The number of hydrazine groups is 1. The fourth-order valence-corrected chi connectivity index (χ4v) is 1.56. The molecule has 0 atom stereocenters. The van der Waals surface area contributed by atoms with E-state index in [4.69, 9.17) is 17.4 Å². The maximum atomic E-state index is 12.7. The van der Waals surface area contributed by atoms with Gasteiger partial charge in [-0.25, -0.2) is 15.8 Å². The molecule has 0 radical (unpaired) electrons. The molecule has 0 aliphatic heterocycles. The van der Waals surface area contributed by atoms with Crippen LogP contribution in [0.1, 0.15) is 5.56 Å². The van der Waals surface area contributed by atoms with Crippen molar-refractivity contribution in [3.8, 4) is 0 Å². The Morgan fingerprint density at radius 3 is 2.53 bits per heavy atom. The summed E-state index contributed by atoms with van der Waals surface area (Å²) >= 11 is 5.67. The van der Waals surface area contributed by atoms with Crippen LogP contribution in [0.15, 0.2) is 18.2 Å². The number of para-hydroxylation sites is 1. The molecule has 1 heterocycles. The first-order valence-electron chi connectivity index (χ1n) is 4.43. The zero-order valence-electron chi connectivity index (χ0n) is 8.22. The Morgan fingerprint density at radius 1 is 1.24 bits per heavy atom. The lowest BCUT2D eigenvalue weighted by molar-refractivity contribution is -0.136. The molecule has 0 amide bonds. The van der Waals surface area contributed by atoms with Gasteiger partial charge in [0.25, 0.3) is 0 Å². The molecule has 0 bridgehead atoms. The number of benzene rings is 1. The zero-order chi connectivity index (χ0) is 12.6. The molecule has 0 saturated carbocycles. The molecule has 2 rings (SSSR count). The average Bonchev–Trinajstić information content (AvgIpc) is 2.25. The fraction of sp³-hybridized carbons (Fsp3) is 0.111. The second-order valence-corrected chi connectivity index (χ2v) is 3.54. The molecule has 0 spiro atoms. The van der Waals surface area contributed by atoms with Gasteiger partial charge in [-0.3, -0.25) is 0 Å². The van der Waals surface area contributed by atoms with Crippen molar-refractivity contribution >= 4 is 28.5 Å². The van der Waals surface area contributed by atoms with Gasteiger partial charge in [-0.05, 0) is 12.1 Å². The Bertz CT molecular complexity index is 570. The number of halogens is 4. The number of hydrogen-bond donors (Lipinski definition) is 2. The molecule has 8 heteroatoms. The number of fused-ring (bicyclic) bond motifs is 1. The van der Waals surface area contributed by atoms with Crippen LogP contribution in [-0.2, 0) is 6.18 Å². The third kappa shape index (κ3) is 2.11. The molecule has 3 N–H and O–H groups in total. The first-order valence-corrected chi connectivity index (χ1v) is 4.81. The lowest BCUT2D eigenvalue weighted by Crippen LogP contribution is -2.12. The van der Waals surface area contributed by atoms with Crippen molar-refractivity contribution in [2.75, 3.05) is 5.43 Å². The van der Waals surface area contributed by atoms with E-state index in [1.165, 1.54) is 12.1 Å². The predicted octanol–water partition coefficient (Wildman–Crippen LogP) is 2.59. The Labute approximate surface area is 98.6 Å². The summed E-state index contributed by atoms with van der Waals surface area (Å²) in [6.07, 6.45) is -4.51. The van der Waals surface area contributed by atoms with Crippen LogP contribution < -0.4 is 11.3 Å². The number of nitrogens with zero attached hydrogens (tertiary/aromatic N) is 2. The van der Waals surface area contributed by atoms with Crippen LogP contribution in [0.25, 0.3) is 11.0 Å². The number of hydrogen-bond acceptors (Lipinski definition) is 4. The molecule has 1 aromatic carbocycles. The Kier molecular flexibility index (Phi) is 2.80. The molecule has 0 unspecified atom stereocenters. The van der Waals surface area contributed by atoms with Crippen molar-refractivity contribution in [3.05, 3.63) is 28.9 Å². The molecule has 0 fully saturated rings. The second kappa shape index (κ2) is 4.01. The summed E-state index contributed by atoms with van der Waals surface area (Å²) in [5.41, 5.74) is 0.979. The highest BCUT2D eigenvalue weighted by atomic mass is 35.5. The second-order valence-electron chi connectivity index (χ2n) is 3.18. The lowest BCUT2D eigenvalue weighted by atomic mass is 10.1. The zero-order valence-corrected chi connectivity index (χ0v) is 8.97. The van der Waals surface area contributed by atoms with Crippen LogP contribution >= 0.6 is 11.6 Å². The highest BCUT2D eigenvalue weighted by molar-refractivity contribution is 6.32. The van der Waals surface area contributed by atoms with Gasteiger partial charge < -0.3 is 5.43 Å². The fourth-order valence-electron chi connectivity index (χ4n) is 1.38. The first-order chi connectivity index (χ1) is 7.93. The van der Waals surface area contributed by atoms with Crippen molar-refractivity contribution in [2.45, 2.75) is 6.18 Å². The summed E-state index contributed by atoms with van der Waals surface area (Å²) in [4.78, 5) is 7.49. The van der Waals surface area contributed by atoms with Gasteiger partial charge in [0.2, 0.25) is 0 Å². The summed E-state index contributed by atoms with van der Waals surface area (Å²) in [7, 11) is 0. The van der Waals surface area contributed by atoms with Crippen LogP contribution in [0, 0.1) is 0 Å². The smallest absolute Gasteiger partial charge is 0.306 e. The number of nitrogen functional groups attached to an aromatic ring is 1. The van der Waals surface area contributed by atoms with E-state index >= 15 is 0 Å². The summed E-state index contributed by atoms with van der Waals surface area (Å²) in [6.45, 7) is 0. The highest BCUT2D eigenvalue weighted by Gasteiger charge is 2.33. The Balaban J connectivity index is 2.79. The summed E-state index contributed by atoms with van der Waals surface area (Å²) in [5.74, 6) is 4.98. The topological polar surface area (TPSA) is 63.8 Å². The van der Waals surface area contributed by atoms with Crippen molar-refractivity contribution in [2.24, 2.45) is 5.84 Å². The van der Waals surface area contributed by atoms with Crippen LogP contribution in [0.3, 0.4) is 0 Å². The molecular weight excluding hydrogens is 257 g/mol. The molecule has 90 valence electrons. The summed E-state index contributed by atoms with van der Waals surface area (Å²) < 4.78 is 38.1. The van der Waals surface area contributed by atoms with E-state index in [2.05, 4.69) is 15.4 Å². The number of nitrogens with two attached hydrogens (primary N) is 1. The van der Waals surface area contributed by atoms with Gasteiger partial charge in [0.15, 0.2) is 11.0 Å². The lowest BCUT2D eigenvalue weighted by Gasteiger charge is -2.10. The van der Waals surface area contributed by atoms with E-state index in [0.29, 0.717) is 0 Å². The van der Waals surface area contributed by atoms with Gasteiger partial charge in [0.1, 0.15) is 5.52 Å². The minimum absolute atomic E-state index is 0.0591. The quantitative estimate of drug-likeness (QED) is 0.612. The van der Waals surface area contributed by atoms with Crippen LogP contribution in [0.4, 0.5) is 19.0 Å². The SMILES string of the molecule is NNc1nc2c(C(F)(F)F)cccc2nc1Cl. The van der Waals surface area contributed by atoms with E-state index in [0.717, 1.165) is 6.07 Å². The van der Waals surface area contributed by atoms with E-state index in [1.54, 1.807) is 0 Å². The molecule has 1 aromatic heterocycles. The third-order valence-electron chi connectivity index (χ3n) is 2.09. The molecule has 4 nitrogen and oxygen atoms in total. The first kappa shape index (κ1) is 11.9. The van der Waals surface area contributed by atoms with Crippen molar-refractivity contribution in [1.82, 2.24) is 9.97 Å². The molecule has 0 saturated heterocycles. The van der Waals surface area contributed by atoms with E-state index in [-0.39, 0.29) is 22.0 Å². The van der Waals surface area contributed by atoms with Crippen molar-refractivity contribution in [3.63, 3.8) is 0 Å². The predicted molar refractivity (Wildman–Crippen MR) is 57.4 cm³/mol. The molecule has 17 heavy (non-hydrogen) atoms. The number of aromatic nitrogens is 2. The van der Waals surface area contributed by atoms with Crippen LogP contribution in [0.5, 0.6) is 0 Å². The van der Waals surface area contributed by atoms with Crippen LogP contribution in [-0.4, -0.2) is 9.97 Å². The maximum Gasteiger partial charge on any atom is 0.418 e. The van der Waals surface area contributed by atoms with E-state index in [1.807, 2.05) is 0 Å². The Hall–Kier alpha value is -1.60. The molecule has 0 aliphatic carbocycles. The summed E-state index contributed by atoms with van der Waals surface area (Å²) in [5, 5.41) is -0.0840. The normalized spacial score (nSPS) is 11.8. The van der Waals surface area contributed by atoms with Gasteiger partial charge in [-0.2, -0.15) is 13.2 Å². The van der Waals surface area contributed by atoms with Crippen molar-refractivity contribution < 1.29 is 13.2 Å². The molecule has 0 aliphatic rings. The minimum Gasteiger partial charge on any atom is -0.306 e. The van der Waals surface area contributed by atoms with Gasteiger partial charge in [0, 0.05) is 0 Å². The molecular formula is C9H6ClF3N4. The highest BCUT2D eigenvalue weighted by Crippen LogP contribution is 2.34. The number of nitrogens with one attached hydrogen (secondary N) is 1. The number of alkyl halides is 3. The number of anilines is 1. The Morgan fingerprint density at radius 2 is 1.94 bits per heavy atom. The molecule has 2 aromatic rings. The number of rotatable bonds is 1. The van der Waals surface area contributed by atoms with Gasteiger partial charge in [-0.15, -0.1) is 0 Å². The van der Waals surface area contributed by atoms with Gasteiger partial charge in [0.05, 0.1) is 11.1 Å². The minimum atomic E-state index is -4.51. The summed E-state index contributed by atoms with van der Waals surface area (Å²) in [6, 6.07) is 3.56. The standard InChI is InChI=1S/C9H6ClF3N4/c10-7-8(17-14)16-6-4(9(11,12)13)2-1-3-5(6)15-7/h1-3H,14H2,(H,16,17). The average molecular weight is 263 g/mol. The monoisotopic (exact) mass is 262 g/mol. The van der Waals surface area contributed by atoms with E-state index in [9.17, 15) is 13.2 Å². The van der Waals surface area contributed by atoms with Crippen molar-refractivity contribution in [1.29, 1.82) is 0 Å². The van der Waals surface area contributed by atoms with Gasteiger partial charge in [-0.1, -0.05) is 17.7 Å². The maximum absolute atomic E-state index is 12.7. The van der Waals surface area contributed by atoms with E-state index < -0.39 is 11.7 Å². The third-order valence-corrected chi connectivity index (χ3v) is 2.36. The van der Waals surface area contributed by atoms with Gasteiger partial charge >= 0.3 is 6.18 Å². The largest absolute Gasteiger partial charge is 0.418 e.